The van der Waals surface area contributed by atoms with Crippen LogP contribution in [0, 0.1) is 0 Å². The van der Waals surface area contributed by atoms with E-state index in [1.807, 2.05) is 6.92 Å². The van der Waals surface area contributed by atoms with Gasteiger partial charge in [0.25, 0.3) is 5.91 Å². The fourth-order valence-corrected chi connectivity index (χ4v) is 2.72. The van der Waals surface area contributed by atoms with Crippen molar-refractivity contribution in [1.29, 1.82) is 0 Å². The van der Waals surface area contributed by atoms with Crippen LogP contribution in [-0.2, 0) is 23.9 Å². The number of carbonyl (C=O) groups excluding carboxylic acids is 5. The molecule has 0 bridgehead atoms. The lowest BCUT2D eigenvalue weighted by atomic mass is 10.1. The summed E-state index contributed by atoms with van der Waals surface area (Å²) in [7, 11) is 0. The molecular formula is C25H28N2O7. The summed E-state index contributed by atoms with van der Waals surface area (Å²) >= 11 is 0. The molecule has 180 valence electrons. The largest absolute Gasteiger partial charge is 0.462 e. The molecule has 2 N–H and O–H groups in total. The molecule has 9 nitrogen and oxygen atoms in total. The highest BCUT2D eigenvalue weighted by molar-refractivity contribution is 5.97. The van der Waals surface area contributed by atoms with Gasteiger partial charge in [0.1, 0.15) is 0 Å². The molecule has 0 atom stereocenters. The molecule has 2 aromatic rings. The van der Waals surface area contributed by atoms with Gasteiger partial charge in [0.2, 0.25) is 5.91 Å². The predicted octanol–water partition coefficient (Wildman–Crippen LogP) is 3.75. The second-order valence-electron chi connectivity index (χ2n) is 7.46. The number of anilines is 2. The van der Waals surface area contributed by atoms with Gasteiger partial charge in [-0.3, -0.25) is 19.2 Å². The van der Waals surface area contributed by atoms with E-state index < -0.39 is 30.4 Å². The number of esters is 2. The first kappa shape index (κ1) is 26.2. The maximum atomic E-state index is 12.1. The fourth-order valence-electron chi connectivity index (χ4n) is 2.72. The summed E-state index contributed by atoms with van der Waals surface area (Å²) in [5.41, 5.74) is 1.83. The summed E-state index contributed by atoms with van der Waals surface area (Å²) in [6.45, 7) is 3.31. The number of hydrogen-bond acceptors (Lipinski definition) is 7. The minimum Gasteiger partial charge on any atom is -0.462 e. The Morgan fingerprint density at radius 1 is 0.735 bits per heavy atom. The number of Topliss-reactive ketones (excluding diaryl/α,β-unsaturated/α-hetero) is 1. The van der Waals surface area contributed by atoms with Crippen molar-refractivity contribution in [1.82, 2.24) is 0 Å². The standard InChI is InChI=1S/C25H28N2O7/c1-3-4-15-33-25(32)19-7-11-20(12-8-19)26-22(29)13-14-24(31)34-16-23(30)27-21-9-5-18(6-10-21)17(2)28/h5-12H,3-4,13-16H2,1-2H3,(H,26,29)(H,27,30). The molecule has 0 radical (unpaired) electrons. The molecule has 2 rings (SSSR count). The van der Waals surface area contributed by atoms with E-state index in [-0.39, 0.29) is 18.6 Å². The lowest BCUT2D eigenvalue weighted by Gasteiger charge is -2.08. The van der Waals surface area contributed by atoms with E-state index in [1.165, 1.54) is 6.92 Å². The number of ketones is 1. The Bertz CT molecular complexity index is 1010. The lowest BCUT2D eigenvalue weighted by Crippen LogP contribution is -2.21. The van der Waals surface area contributed by atoms with Gasteiger partial charge in [-0.25, -0.2) is 4.79 Å². The van der Waals surface area contributed by atoms with Gasteiger partial charge >= 0.3 is 11.9 Å². The Morgan fingerprint density at radius 2 is 1.29 bits per heavy atom. The minimum absolute atomic E-state index is 0.0876. The van der Waals surface area contributed by atoms with Crippen LogP contribution < -0.4 is 10.6 Å². The number of benzene rings is 2. The number of rotatable bonds is 12. The summed E-state index contributed by atoms with van der Waals surface area (Å²) in [4.78, 5) is 58.9. The number of hydrogen-bond donors (Lipinski definition) is 2. The average molecular weight is 469 g/mol. The Kier molecular flexibility index (Phi) is 10.4. The van der Waals surface area contributed by atoms with Crippen LogP contribution in [0.15, 0.2) is 48.5 Å². The van der Waals surface area contributed by atoms with E-state index in [2.05, 4.69) is 10.6 Å². The SMILES string of the molecule is CCCCOC(=O)c1ccc(NC(=O)CCC(=O)OCC(=O)Nc2ccc(C(C)=O)cc2)cc1. The van der Waals surface area contributed by atoms with Crippen molar-refractivity contribution in [2.24, 2.45) is 0 Å². The Balaban J connectivity index is 1.68. The zero-order chi connectivity index (χ0) is 24.9. The monoisotopic (exact) mass is 468 g/mol. The molecule has 0 saturated heterocycles. The van der Waals surface area contributed by atoms with Crippen molar-refractivity contribution < 1.29 is 33.4 Å². The summed E-state index contributed by atoms with van der Waals surface area (Å²) in [5, 5.41) is 5.17. The predicted molar refractivity (Wildman–Crippen MR) is 126 cm³/mol. The number of unbranched alkanes of at least 4 members (excludes halogenated alkanes) is 1. The number of carbonyl (C=O) groups is 5. The summed E-state index contributed by atoms with van der Waals surface area (Å²) < 4.78 is 10.0. The van der Waals surface area contributed by atoms with Crippen molar-refractivity contribution >= 4 is 40.9 Å². The molecular weight excluding hydrogens is 440 g/mol. The molecule has 9 heteroatoms. The van der Waals surface area contributed by atoms with Crippen LogP contribution in [0.3, 0.4) is 0 Å². The van der Waals surface area contributed by atoms with Gasteiger partial charge in [0, 0.05) is 23.4 Å². The molecule has 2 amide bonds. The molecule has 0 aliphatic heterocycles. The summed E-state index contributed by atoms with van der Waals surface area (Å²) in [6.07, 6.45) is 1.39. The third kappa shape index (κ3) is 9.23. The van der Waals surface area contributed by atoms with Crippen molar-refractivity contribution in [3.05, 3.63) is 59.7 Å². The molecule has 0 aliphatic rings. The molecule has 0 aliphatic carbocycles. The molecule has 0 fully saturated rings. The zero-order valence-corrected chi connectivity index (χ0v) is 19.2. The van der Waals surface area contributed by atoms with E-state index in [9.17, 15) is 24.0 Å². The molecule has 0 saturated carbocycles. The van der Waals surface area contributed by atoms with Crippen LogP contribution in [0.2, 0.25) is 0 Å². The highest BCUT2D eigenvalue weighted by Gasteiger charge is 2.12. The van der Waals surface area contributed by atoms with Crippen molar-refractivity contribution in [3.63, 3.8) is 0 Å². The smallest absolute Gasteiger partial charge is 0.338 e. The van der Waals surface area contributed by atoms with Crippen LogP contribution >= 0.6 is 0 Å². The van der Waals surface area contributed by atoms with E-state index in [0.29, 0.717) is 29.1 Å². The molecule has 34 heavy (non-hydrogen) atoms. The third-order valence-corrected chi connectivity index (χ3v) is 4.63. The molecule has 0 spiro atoms. The third-order valence-electron chi connectivity index (χ3n) is 4.63. The second kappa shape index (κ2) is 13.5. The fraction of sp³-hybridized carbons (Fsp3) is 0.320. The van der Waals surface area contributed by atoms with E-state index >= 15 is 0 Å². The molecule has 0 heterocycles. The zero-order valence-electron chi connectivity index (χ0n) is 19.2. The Labute approximate surface area is 197 Å². The Morgan fingerprint density at radius 3 is 1.85 bits per heavy atom. The van der Waals surface area contributed by atoms with Crippen LogP contribution in [-0.4, -0.2) is 42.7 Å². The maximum Gasteiger partial charge on any atom is 0.338 e. The number of amides is 2. The first-order chi connectivity index (χ1) is 16.3. The molecule has 2 aromatic carbocycles. The van der Waals surface area contributed by atoms with Crippen LogP contribution in [0.4, 0.5) is 11.4 Å². The van der Waals surface area contributed by atoms with Crippen LogP contribution in [0.5, 0.6) is 0 Å². The van der Waals surface area contributed by atoms with E-state index in [1.54, 1.807) is 48.5 Å². The quantitative estimate of drug-likeness (QED) is 0.276. The highest BCUT2D eigenvalue weighted by Crippen LogP contribution is 2.12. The van der Waals surface area contributed by atoms with Gasteiger partial charge in [0.15, 0.2) is 12.4 Å². The van der Waals surface area contributed by atoms with Gasteiger partial charge in [-0.1, -0.05) is 13.3 Å². The molecule has 0 unspecified atom stereocenters. The molecule has 0 aromatic heterocycles. The lowest BCUT2D eigenvalue weighted by molar-refractivity contribution is -0.147. The van der Waals surface area contributed by atoms with E-state index in [4.69, 9.17) is 9.47 Å². The van der Waals surface area contributed by atoms with Crippen LogP contribution in [0.25, 0.3) is 0 Å². The van der Waals surface area contributed by atoms with Gasteiger partial charge in [-0.2, -0.15) is 0 Å². The van der Waals surface area contributed by atoms with Crippen molar-refractivity contribution in [2.75, 3.05) is 23.8 Å². The average Bonchev–Trinajstić information content (AvgIpc) is 2.82. The minimum atomic E-state index is -0.692. The second-order valence-corrected chi connectivity index (χ2v) is 7.46. The van der Waals surface area contributed by atoms with E-state index in [0.717, 1.165) is 12.8 Å². The van der Waals surface area contributed by atoms with Gasteiger partial charge in [0.05, 0.1) is 18.6 Å². The van der Waals surface area contributed by atoms with Crippen LogP contribution in [0.1, 0.15) is 60.2 Å². The number of ether oxygens (including phenoxy) is 2. The topological polar surface area (TPSA) is 128 Å². The van der Waals surface area contributed by atoms with Crippen molar-refractivity contribution in [3.8, 4) is 0 Å². The maximum absolute atomic E-state index is 12.1. The van der Waals surface area contributed by atoms with Gasteiger partial charge in [-0.15, -0.1) is 0 Å². The Hall–Kier alpha value is -4.01. The normalized spacial score (nSPS) is 10.2. The van der Waals surface area contributed by atoms with Gasteiger partial charge < -0.3 is 20.1 Å². The summed E-state index contributed by atoms with van der Waals surface area (Å²) in [6, 6.07) is 12.5. The first-order valence-corrected chi connectivity index (χ1v) is 10.9. The van der Waals surface area contributed by atoms with Gasteiger partial charge in [-0.05, 0) is 61.9 Å². The highest BCUT2D eigenvalue weighted by atomic mass is 16.5. The van der Waals surface area contributed by atoms with Crippen molar-refractivity contribution in [2.45, 2.75) is 39.5 Å². The summed E-state index contributed by atoms with van der Waals surface area (Å²) in [5.74, 6) is -2.16. The first-order valence-electron chi connectivity index (χ1n) is 10.9. The number of nitrogens with one attached hydrogen (secondary N) is 2.